The fraction of sp³-hybridized carbons (Fsp3) is 0.238. The average Bonchev–Trinajstić information content (AvgIpc) is 3.22. The predicted octanol–water partition coefficient (Wildman–Crippen LogP) is 3.99. The molecule has 1 N–H and O–H groups in total. The van der Waals surface area contributed by atoms with E-state index in [9.17, 15) is 4.79 Å². The molecule has 4 nitrogen and oxygen atoms in total. The van der Waals surface area contributed by atoms with Gasteiger partial charge in [0.05, 0.1) is 13.0 Å². The van der Waals surface area contributed by atoms with Gasteiger partial charge in [0.15, 0.2) is 12.2 Å². The molecule has 0 saturated carbocycles. The summed E-state index contributed by atoms with van der Waals surface area (Å²) in [5.74, 6) is 1.20. The van der Waals surface area contributed by atoms with Crippen molar-refractivity contribution in [3.05, 3.63) is 71.1 Å². The molecule has 0 bridgehead atoms. The van der Waals surface area contributed by atoms with Crippen LogP contribution < -0.4 is 9.88 Å². The second kappa shape index (κ2) is 6.96. The minimum atomic E-state index is -0.00717. The second-order valence-corrected chi connectivity index (χ2v) is 7.12. The van der Waals surface area contributed by atoms with Crippen LogP contribution in [0, 0.1) is 6.92 Å². The number of para-hydroxylation sites is 1. The Kier molecular flexibility index (Phi) is 4.51. The first-order valence-electron chi connectivity index (χ1n) is 8.85. The molecule has 0 atom stereocenters. The highest BCUT2D eigenvalue weighted by molar-refractivity contribution is 6.30. The summed E-state index contributed by atoms with van der Waals surface area (Å²) in [7, 11) is 0. The Morgan fingerprint density at radius 1 is 1.19 bits per heavy atom. The molecular weight excluding hydrogens is 346 g/mol. The number of hydrogen-bond acceptors (Lipinski definition) is 1. The molecule has 0 radical (unpaired) electrons. The molecule has 26 heavy (non-hydrogen) atoms. The molecule has 1 aliphatic heterocycles. The smallest absolute Gasteiger partial charge is 0.266 e. The number of imidazole rings is 1. The van der Waals surface area contributed by atoms with Crippen molar-refractivity contribution in [3.8, 4) is 11.3 Å². The van der Waals surface area contributed by atoms with Gasteiger partial charge >= 0.3 is 0 Å². The van der Waals surface area contributed by atoms with E-state index in [1.165, 1.54) is 5.82 Å². The predicted molar refractivity (Wildman–Crippen MR) is 103 cm³/mol. The molecule has 0 spiro atoms. The third kappa shape index (κ3) is 3.25. The van der Waals surface area contributed by atoms with Crippen LogP contribution in [0.25, 0.3) is 11.3 Å². The molecule has 2 aromatic carbocycles. The largest absolute Gasteiger partial charge is 0.322 e. The normalized spacial score (nSPS) is 12.8. The topological polar surface area (TPSA) is 37.9 Å². The third-order valence-corrected chi connectivity index (χ3v) is 5.12. The van der Waals surface area contributed by atoms with Crippen LogP contribution in [0.15, 0.2) is 54.7 Å². The van der Waals surface area contributed by atoms with Gasteiger partial charge in [-0.1, -0.05) is 29.8 Å². The van der Waals surface area contributed by atoms with Gasteiger partial charge in [-0.25, -0.2) is 9.13 Å². The lowest BCUT2D eigenvalue weighted by molar-refractivity contribution is -0.690. The van der Waals surface area contributed by atoms with Crippen molar-refractivity contribution in [2.24, 2.45) is 0 Å². The number of hydrogen-bond donors (Lipinski definition) is 1. The van der Waals surface area contributed by atoms with Crippen molar-refractivity contribution >= 4 is 23.2 Å². The van der Waals surface area contributed by atoms with Crippen molar-refractivity contribution in [2.45, 2.75) is 32.9 Å². The van der Waals surface area contributed by atoms with Crippen molar-refractivity contribution in [1.29, 1.82) is 0 Å². The van der Waals surface area contributed by atoms with E-state index in [0.29, 0.717) is 6.54 Å². The van der Waals surface area contributed by atoms with Gasteiger partial charge in [-0.15, -0.1) is 0 Å². The Morgan fingerprint density at radius 2 is 1.96 bits per heavy atom. The number of benzene rings is 2. The Bertz CT molecular complexity index is 960. The molecule has 0 unspecified atom stereocenters. The van der Waals surface area contributed by atoms with Crippen molar-refractivity contribution < 1.29 is 9.36 Å². The maximum atomic E-state index is 12.6. The first-order chi connectivity index (χ1) is 12.6. The number of carbonyl (C=O) groups is 1. The Morgan fingerprint density at radius 3 is 2.73 bits per heavy atom. The number of aromatic nitrogens is 2. The summed E-state index contributed by atoms with van der Waals surface area (Å²) in [4.78, 5) is 12.6. The fourth-order valence-corrected chi connectivity index (χ4v) is 3.68. The van der Waals surface area contributed by atoms with Gasteiger partial charge in [-0.05, 0) is 49.2 Å². The number of aryl methyl sites for hydroxylation is 1. The van der Waals surface area contributed by atoms with Gasteiger partial charge in [-0.2, -0.15) is 0 Å². The molecular formula is C21H21ClN3O+. The van der Waals surface area contributed by atoms with Gasteiger partial charge < -0.3 is 5.32 Å². The molecule has 132 valence electrons. The lowest BCUT2D eigenvalue weighted by Crippen LogP contribution is -2.42. The van der Waals surface area contributed by atoms with Crippen LogP contribution in [0.5, 0.6) is 0 Å². The number of anilines is 1. The molecule has 2 heterocycles. The highest BCUT2D eigenvalue weighted by Gasteiger charge is 2.29. The Hall–Kier alpha value is -2.59. The number of halogens is 1. The van der Waals surface area contributed by atoms with Crippen molar-refractivity contribution in [1.82, 2.24) is 4.57 Å². The molecule has 0 saturated heterocycles. The van der Waals surface area contributed by atoms with E-state index in [1.807, 2.05) is 55.5 Å². The highest BCUT2D eigenvalue weighted by atomic mass is 35.5. The van der Waals surface area contributed by atoms with E-state index in [0.717, 1.165) is 46.9 Å². The highest BCUT2D eigenvalue weighted by Crippen LogP contribution is 2.26. The zero-order valence-electron chi connectivity index (χ0n) is 14.7. The molecule has 0 aliphatic carbocycles. The SMILES string of the molecule is Cc1ccccc1NC(=O)C[n+]1cc(-c2ccc(Cl)cc2)n2c1CCC2. The number of fused-ring (bicyclic) bond motifs is 1. The number of rotatable bonds is 4. The summed E-state index contributed by atoms with van der Waals surface area (Å²) in [6.07, 6.45) is 4.18. The van der Waals surface area contributed by atoms with E-state index < -0.39 is 0 Å². The minimum absolute atomic E-state index is 0.00717. The average molecular weight is 367 g/mol. The van der Waals surface area contributed by atoms with Gasteiger partial charge in [0.1, 0.15) is 6.20 Å². The van der Waals surface area contributed by atoms with E-state index in [1.54, 1.807) is 0 Å². The monoisotopic (exact) mass is 366 g/mol. The van der Waals surface area contributed by atoms with E-state index in [4.69, 9.17) is 11.6 Å². The van der Waals surface area contributed by atoms with E-state index in [-0.39, 0.29) is 5.91 Å². The lowest BCUT2D eigenvalue weighted by atomic mass is 10.1. The first kappa shape index (κ1) is 16.9. The van der Waals surface area contributed by atoms with Crippen LogP contribution in [0.3, 0.4) is 0 Å². The lowest BCUT2D eigenvalue weighted by Gasteiger charge is -2.07. The zero-order valence-corrected chi connectivity index (χ0v) is 15.5. The van der Waals surface area contributed by atoms with Crippen LogP contribution in [-0.4, -0.2) is 10.5 Å². The van der Waals surface area contributed by atoms with Gasteiger partial charge in [-0.3, -0.25) is 4.79 Å². The third-order valence-electron chi connectivity index (χ3n) is 4.87. The molecule has 1 amide bonds. The van der Waals surface area contributed by atoms with Crippen LogP contribution in [0.4, 0.5) is 5.69 Å². The number of amides is 1. The summed E-state index contributed by atoms with van der Waals surface area (Å²) in [6, 6.07) is 15.7. The fourth-order valence-electron chi connectivity index (χ4n) is 3.55. The van der Waals surface area contributed by atoms with Gasteiger partial charge in [0.2, 0.25) is 0 Å². The van der Waals surface area contributed by atoms with Crippen molar-refractivity contribution in [2.75, 3.05) is 5.32 Å². The van der Waals surface area contributed by atoms with Crippen LogP contribution in [0.1, 0.15) is 17.8 Å². The molecule has 1 aliphatic rings. The number of nitrogens with one attached hydrogen (secondary N) is 1. The summed E-state index contributed by atoms with van der Waals surface area (Å²) in [5, 5.41) is 3.75. The van der Waals surface area contributed by atoms with Gasteiger partial charge in [0.25, 0.3) is 11.7 Å². The summed E-state index contributed by atoms with van der Waals surface area (Å²) in [5.41, 5.74) is 4.19. The maximum Gasteiger partial charge on any atom is 0.266 e. The second-order valence-electron chi connectivity index (χ2n) is 6.68. The van der Waals surface area contributed by atoms with Crippen molar-refractivity contribution in [3.63, 3.8) is 0 Å². The molecule has 4 rings (SSSR count). The zero-order chi connectivity index (χ0) is 18.1. The Labute approximate surface area is 158 Å². The maximum absolute atomic E-state index is 12.6. The number of nitrogens with zero attached hydrogens (tertiary/aromatic N) is 2. The Balaban J connectivity index is 1.59. The summed E-state index contributed by atoms with van der Waals surface area (Å²) < 4.78 is 4.38. The minimum Gasteiger partial charge on any atom is -0.322 e. The summed E-state index contributed by atoms with van der Waals surface area (Å²) >= 11 is 6.02. The summed E-state index contributed by atoms with van der Waals surface area (Å²) in [6.45, 7) is 3.30. The molecule has 1 aromatic heterocycles. The molecule has 3 aromatic rings. The quantitative estimate of drug-likeness (QED) is 0.696. The number of carbonyl (C=O) groups excluding carboxylic acids is 1. The van der Waals surface area contributed by atoms with E-state index in [2.05, 4.69) is 20.6 Å². The first-order valence-corrected chi connectivity index (χ1v) is 9.23. The van der Waals surface area contributed by atoms with Crippen LogP contribution >= 0.6 is 11.6 Å². The van der Waals surface area contributed by atoms with Crippen LogP contribution in [-0.2, 0) is 24.3 Å². The molecule has 5 heteroatoms. The molecule has 0 fully saturated rings. The standard InChI is InChI=1S/C21H20ClN3O/c1-15-5-2-3-6-18(15)23-20(26)14-24-13-19(25-12-4-7-21(24)25)16-8-10-17(22)11-9-16/h2-3,5-6,8-11,13H,4,7,12,14H2,1H3/p+1. The van der Waals surface area contributed by atoms with Gasteiger partial charge in [0, 0.05) is 16.3 Å². The van der Waals surface area contributed by atoms with E-state index >= 15 is 0 Å². The van der Waals surface area contributed by atoms with Crippen LogP contribution in [0.2, 0.25) is 5.02 Å².